The lowest BCUT2D eigenvalue weighted by atomic mass is 9.85. The lowest BCUT2D eigenvalue weighted by Gasteiger charge is -2.30. The van der Waals surface area contributed by atoms with Crippen molar-refractivity contribution in [3.05, 3.63) is 283 Å². The molecule has 0 heterocycles. The fourth-order valence-corrected chi connectivity index (χ4v) is 11.3. The van der Waals surface area contributed by atoms with Crippen molar-refractivity contribution in [3.63, 3.8) is 0 Å². The molecule has 3 unspecified atom stereocenters. The highest BCUT2D eigenvalue weighted by Gasteiger charge is 2.32. The molecule has 0 aliphatic rings. The van der Waals surface area contributed by atoms with Crippen LogP contribution in [0, 0.1) is 106 Å². The summed E-state index contributed by atoms with van der Waals surface area (Å²) in [5, 5.41) is 52.3. The highest BCUT2D eigenvalue weighted by Crippen LogP contribution is 2.28. The number of aliphatic hydroxyl groups is 5. The van der Waals surface area contributed by atoms with Gasteiger partial charge in [-0.2, -0.15) is 0 Å². The summed E-state index contributed by atoms with van der Waals surface area (Å²) in [7, 11) is 0. The molecular weight excluding hydrogens is 1640 g/mol. The summed E-state index contributed by atoms with van der Waals surface area (Å²) in [4.78, 5) is 11.8. The zero-order valence-electron chi connectivity index (χ0n) is 89.6. The van der Waals surface area contributed by atoms with Crippen molar-refractivity contribution in [2.75, 3.05) is 0 Å². The second-order valence-electron chi connectivity index (χ2n) is 42.9. The number of amides is 1. The fourth-order valence-electron chi connectivity index (χ4n) is 11.3. The van der Waals surface area contributed by atoms with E-state index in [0.717, 1.165) is 44.5 Å². The van der Waals surface area contributed by atoms with E-state index in [9.17, 15) is 30.3 Å². The van der Waals surface area contributed by atoms with E-state index in [1.165, 1.54) is 44.5 Å². The molecule has 0 aromatic heterocycles. The molecule has 3 atom stereocenters. The molecule has 0 fully saturated rings. The number of nitrogens with one attached hydrogen (secondary N) is 1. The van der Waals surface area contributed by atoms with Crippen LogP contribution in [0.1, 0.15) is 425 Å². The van der Waals surface area contributed by atoms with Gasteiger partial charge in [-0.3, -0.25) is 0 Å². The number of alkyl carbamates (subject to hydrolysis) is 1. The molecule has 0 saturated carbocycles. The second kappa shape index (κ2) is 56.6. The first-order valence-corrected chi connectivity index (χ1v) is 48.0. The topological polar surface area (TPSA) is 166 Å². The average molecular weight is 1810 g/mol. The monoisotopic (exact) mass is 1810 g/mol. The van der Waals surface area contributed by atoms with Gasteiger partial charge in [0, 0.05) is 61.8 Å². The first kappa shape index (κ1) is 121. The fraction of sp³-hybridized carbons (Fsp3) is 0.480. The van der Waals surface area contributed by atoms with Crippen LogP contribution in [0.5, 0.6) is 0 Å². The highest BCUT2D eigenvalue weighted by molar-refractivity contribution is 5.69. The molecule has 8 aromatic rings. The van der Waals surface area contributed by atoms with Gasteiger partial charge in [0.25, 0.3) is 0 Å². The van der Waals surface area contributed by atoms with Crippen LogP contribution in [0.25, 0.3) is 0 Å². The molecule has 8 N–H and O–H groups in total. The number of benzene rings is 8. The van der Waals surface area contributed by atoms with Gasteiger partial charge in [-0.25, -0.2) is 4.79 Å². The predicted molar refractivity (Wildman–Crippen MR) is 574 cm³/mol. The van der Waals surface area contributed by atoms with Crippen LogP contribution in [-0.2, 0) is 4.74 Å². The second-order valence-corrected chi connectivity index (χ2v) is 42.9. The molecule has 0 spiro atoms. The van der Waals surface area contributed by atoms with Gasteiger partial charge in [-0.05, 0) is 340 Å². The van der Waals surface area contributed by atoms with Crippen molar-refractivity contribution in [1.82, 2.24) is 5.32 Å². The third-order valence-corrected chi connectivity index (χ3v) is 20.1. The molecule has 0 aliphatic carbocycles. The van der Waals surface area contributed by atoms with E-state index in [2.05, 4.69) is 374 Å². The number of hydrogen-bond donors (Lipinski definition) is 7. The average Bonchev–Trinajstić information content (AvgIpc) is 0.838. The Morgan fingerprint density at radius 2 is 0.515 bits per heavy atom. The Bertz CT molecular complexity index is 5020. The molecule has 0 radical (unpaired) electrons. The van der Waals surface area contributed by atoms with E-state index in [1.54, 1.807) is 41.5 Å². The van der Waals surface area contributed by atoms with E-state index in [1.807, 2.05) is 142 Å². The number of rotatable bonds is 14. The van der Waals surface area contributed by atoms with Gasteiger partial charge in [0.2, 0.25) is 0 Å². The van der Waals surface area contributed by atoms with Crippen LogP contribution in [0.4, 0.5) is 4.79 Å². The molecule has 9 heteroatoms. The molecule has 8 rings (SSSR count). The zero-order chi connectivity index (χ0) is 103. The predicted octanol–water partition coefficient (Wildman–Crippen LogP) is 28.8. The summed E-state index contributed by atoms with van der Waals surface area (Å²) in [5.74, 6) is 53.0. The maximum absolute atomic E-state index is 11.8. The quantitative estimate of drug-likeness (QED) is 0.0529. The Hall–Kier alpha value is -10.7. The minimum atomic E-state index is -1.15. The number of carbonyl (C=O) groups is 1. The normalized spacial score (nSPS) is 12.4. The first-order valence-electron chi connectivity index (χ1n) is 48.0. The summed E-state index contributed by atoms with van der Waals surface area (Å²) in [6.45, 7) is 76.5. The molecule has 0 saturated heterocycles. The van der Waals surface area contributed by atoms with Gasteiger partial charge in [0.05, 0.1) is 16.7 Å². The Morgan fingerprint density at radius 1 is 0.299 bits per heavy atom. The minimum absolute atomic E-state index is 0.0772. The maximum Gasteiger partial charge on any atom is 0.408 e. The van der Waals surface area contributed by atoms with Crippen molar-refractivity contribution in [1.29, 1.82) is 0 Å². The Labute approximate surface area is 816 Å². The molecule has 1 amide bonds. The lowest BCUT2D eigenvalue weighted by Crippen LogP contribution is -2.44. The third-order valence-electron chi connectivity index (χ3n) is 20.1. The number of nitrogens with two attached hydrogens (primary N) is 1. The SMILES string of the molecule is CC(C)c1cccc(C#CC(C)(C)C)c1.CC(C)c1cccc(C#CC(C)(C)C)c1.CC(C)c1cccc(C#CC(C)(C)N)c1.CC(C)c1cccc(C#CC(C)(C)NC(=O)OC(C)(C)C)c1.CC(C)c1cccc(C#CC(C)(C)O)c1.CC(C)c1cccc(C#CC(C)(C)O)c1.CCC(C)(O)C#Cc1cccc(C(C)C)c1.CCC(C)(O)CC(O)(C#Cc1cccc(C(C)C)c1)CC. The highest BCUT2D eigenvalue weighted by atomic mass is 16.6. The van der Waals surface area contributed by atoms with Crippen LogP contribution in [0.3, 0.4) is 0 Å². The van der Waals surface area contributed by atoms with Gasteiger partial charge in [-0.15, -0.1) is 0 Å². The van der Waals surface area contributed by atoms with Crippen molar-refractivity contribution in [3.8, 4) is 94.7 Å². The van der Waals surface area contributed by atoms with Gasteiger partial charge in [-0.1, -0.05) is 323 Å². The van der Waals surface area contributed by atoms with Crippen LogP contribution < -0.4 is 11.1 Å². The van der Waals surface area contributed by atoms with Crippen molar-refractivity contribution >= 4 is 6.09 Å². The van der Waals surface area contributed by atoms with Gasteiger partial charge in [0.1, 0.15) is 28.0 Å². The van der Waals surface area contributed by atoms with Crippen LogP contribution in [-0.4, -0.2) is 76.3 Å². The van der Waals surface area contributed by atoms with Crippen LogP contribution >= 0.6 is 0 Å². The number of carbonyl (C=O) groups excluding carboxylic acids is 1. The van der Waals surface area contributed by atoms with Gasteiger partial charge >= 0.3 is 6.09 Å². The Balaban J connectivity index is 0.000000769. The summed E-state index contributed by atoms with van der Waals surface area (Å²) >= 11 is 0. The van der Waals surface area contributed by atoms with E-state index >= 15 is 0 Å². The third kappa shape index (κ3) is 57.8. The van der Waals surface area contributed by atoms with Crippen molar-refractivity contribution in [2.45, 2.75) is 381 Å². The van der Waals surface area contributed by atoms with Crippen LogP contribution in [0.15, 0.2) is 194 Å². The summed E-state index contributed by atoms with van der Waals surface area (Å²) in [6, 6.07) is 66.0. The summed E-state index contributed by atoms with van der Waals surface area (Å²) in [5.41, 5.74) is 18.0. The standard InChI is InChI=1S/C19H27NO2.C19H28O2.C15H20O.2C15H20.C14H19N.2C14H18O/c1-14(2)16-10-8-9-15(13-16)11-12-19(6,7)20-17(21)22-18(3,4)5;1-6-18(5,20)14-19(21,7-2)12-11-16-9-8-10-17(13-16)15(3)4;1-5-15(4,16)10-9-13-7-6-8-14(11-13)12(2)3;2*1-12(2)14-8-6-7-13(11-14)9-10-15(3,4)5;3*1-11(2)13-7-5-6-12(10-13)8-9-14(3,4)15/h8-10,13-14H,1-7H3,(H,20,21);8-10,13,15,20-21H,6-7,14H2,1-5H3;6-8,11-12,16H,5H2,1-4H3;2*6-8,11-12H,1-5H3;5-7,10-11H,15H2,1-4H3;2*5-7,10-11,15H,1-4H3. The van der Waals surface area contributed by atoms with Crippen molar-refractivity contribution < 1.29 is 35.1 Å². The summed E-state index contributed by atoms with van der Waals surface area (Å²) in [6.07, 6.45) is 1.55. The largest absolute Gasteiger partial charge is 0.444 e. The molecule has 134 heavy (non-hydrogen) atoms. The molecule has 8 aromatic carbocycles. The van der Waals surface area contributed by atoms with E-state index < -0.39 is 50.8 Å². The molecule has 9 nitrogen and oxygen atoms in total. The Kier molecular flexibility index (Phi) is 51.2. The Morgan fingerprint density at radius 3 is 0.709 bits per heavy atom. The van der Waals surface area contributed by atoms with Crippen molar-refractivity contribution in [2.24, 2.45) is 16.6 Å². The van der Waals surface area contributed by atoms with Gasteiger partial charge in [0.15, 0.2) is 0 Å². The maximum atomic E-state index is 11.8. The minimum Gasteiger partial charge on any atom is -0.444 e. The molecule has 0 bridgehead atoms. The summed E-state index contributed by atoms with van der Waals surface area (Å²) < 4.78 is 5.26. The molecular formula is C125H170N2O7. The molecule has 722 valence electrons. The first-order chi connectivity index (χ1) is 61.6. The lowest BCUT2D eigenvalue weighted by molar-refractivity contribution is -0.0287. The van der Waals surface area contributed by atoms with E-state index in [4.69, 9.17) is 10.5 Å². The number of hydrogen-bond acceptors (Lipinski definition) is 8. The zero-order valence-corrected chi connectivity index (χ0v) is 89.6. The van der Waals surface area contributed by atoms with E-state index in [0.29, 0.717) is 66.6 Å². The van der Waals surface area contributed by atoms with Gasteiger partial charge < -0.3 is 41.3 Å². The molecule has 0 aliphatic heterocycles. The van der Waals surface area contributed by atoms with Crippen LogP contribution in [0.2, 0.25) is 0 Å². The number of ether oxygens (including phenoxy) is 1. The van der Waals surface area contributed by atoms with E-state index in [-0.39, 0.29) is 17.3 Å². The smallest absolute Gasteiger partial charge is 0.408 e.